The zero-order valence-electron chi connectivity index (χ0n) is 22.6. The first-order valence-electron chi connectivity index (χ1n) is 12.8. The Balaban J connectivity index is 1.44. The van der Waals surface area contributed by atoms with Gasteiger partial charge in [-0.3, -0.25) is 4.79 Å². The molecular formula is C30H35FN2O5. The first-order chi connectivity index (χ1) is 18.1. The number of methoxy groups -OCH3 is 2. The number of nitrogens with zero attached hydrogens (tertiary/aromatic N) is 1. The number of piperidine rings is 1. The zero-order valence-corrected chi connectivity index (χ0v) is 22.6. The molecule has 2 amide bonds. The maximum atomic E-state index is 14.8. The molecule has 0 spiro atoms. The lowest BCUT2D eigenvalue weighted by Gasteiger charge is -2.33. The summed E-state index contributed by atoms with van der Waals surface area (Å²) in [6, 6.07) is 14.2. The number of likely N-dealkylation sites (tertiary alicyclic amines) is 1. The molecule has 38 heavy (non-hydrogen) atoms. The Morgan fingerprint density at radius 3 is 2.34 bits per heavy atom. The monoisotopic (exact) mass is 522 g/mol. The highest BCUT2D eigenvalue weighted by Gasteiger charge is 2.27. The fourth-order valence-corrected chi connectivity index (χ4v) is 4.86. The Hall–Kier alpha value is -3.81. The highest BCUT2D eigenvalue weighted by Crippen LogP contribution is 2.35. The van der Waals surface area contributed by atoms with Gasteiger partial charge in [-0.05, 0) is 85.7 Å². The van der Waals surface area contributed by atoms with Gasteiger partial charge in [-0.2, -0.15) is 0 Å². The number of amides is 2. The van der Waals surface area contributed by atoms with Crippen LogP contribution in [0.1, 0.15) is 61.0 Å². The van der Waals surface area contributed by atoms with Crippen LogP contribution in [0.3, 0.4) is 0 Å². The highest BCUT2D eigenvalue weighted by atomic mass is 19.1. The van der Waals surface area contributed by atoms with Gasteiger partial charge in [-0.25, -0.2) is 9.18 Å². The second kappa shape index (κ2) is 11.3. The Kier molecular flexibility index (Phi) is 8.09. The van der Waals surface area contributed by atoms with Gasteiger partial charge in [0.05, 0.1) is 14.2 Å². The number of hydrogen-bond acceptors (Lipinski definition) is 5. The number of carbonyl (C=O) groups excluding carboxylic acids is 2. The second-order valence-corrected chi connectivity index (χ2v) is 10.5. The van der Waals surface area contributed by atoms with Crippen LogP contribution in [0.2, 0.25) is 0 Å². The van der Waals surface area contributed by atoms with Crippen LogP contribution in [0.5, 0.6) is 11.5 Å². The van der Waals surface area contributed by atoms with E-state index in [4.69, 9.17) is 14.2 Å². The van der Waals surface area contributed by atoms with Crippen molar-refractivity contribution < 1.29 is 28.2 Å². The number of ether oxygens (including phenoxy) is 3. The molecule has 1 heterocycles. The third kappa shape index (κ3) is 6.18. The summed E-state index contributed by atoms with van der Waals surface area (Å²) < 4.78 is 30.9. The van der Waals surface area contributed by atoms with Gasteiger partial charge in [0.1, 0.15) is 11.4 Å². The number of alkyl carbamates (subject to hydrolysis) is 1. The van der Waals surface area contributed by atoms with Gasteiger partial charge in [0, 0.05) is 25.2 Å². The summed E-state index contributed by atoms with van der Waals surface area (Å²) in [4.78, 5) is 27.3. The molecular weight excluding hydrogens is 487 g/mol. The molecule has 3 aromatic carbocycles. The summed E-state index contributed by atoms with van der Waals surface area (Å²) in [6.07, 6.45) is 0.779. The first-order valence-corrected chi connectivity index (χ1v) is 12.8. The summed E-state index contributed by atoms with van der Waals surface area (Å²) in [7, 11) is 3.15. The number of fused-ring (bicyclic) bond motifs is 1. The van der Waals surface area contributed by atoms with Gasteiger partial charge in [0.2, 0.25) is 0 Å². The molecule has 7 nitrogen and oxygen atoms in total. The van der Waals surface area contributed by atoms with Crippen molar-refractivity contribution >= 4 is 22.8 Å². The summed E-state index contributed by atoms with van der Waals surface area (Å²) >= 11 is 0. The average Bonchev–Trinajstić information content (AvgIpc) is 2.90. The lowest BCUT2D eigenvalue weighted by atomic mass is 9.87. The molecule has 0 unspecified atom stereocenters. The van der Waals surface area contributed by atoms with Crippen LogP contribution in [-0.2, 0) is 11.3 Å². The standard InChI is InChI=1S/C30H35FN2O5/c1-30(2,3)38-29(35)32-18-19-9-10-25(31)24(15-19)20-11-13-33(14-12-20)28(34)22-8-6-7-21-16-26(36-4)27(37-5)17-23(21)22/h6-10,15-17,20H,11-14,18H2,1-5H3,(H,32,35). The predicted molar refractivity (Wildman–Crippen MR) is 144 cm³/mol. The van der Waals surface area contributed by atoms with E-state index in [0.717, 1.165) is 16.3 Å². The van der Waals surface area contributed by atoms with Crippen LogP contribution < -0.4 is 14.8 Å². The quantitative estimate of drug-likeness (QED) is 0.427. The number of carbonyl (C=O) groups is 2. The van der Waals surface area contributed by atoms with Gasteiger partial charge in [0.25, 0.3) is 5.91 Å². The Bertz CT molecular complexity index is 1330. The predicted octanol–water partition coefficient (Wildman–Crippen LogP) is 6.04. The maximum absolute atomic E-state index is 14.8. The SMILES string of the molecule is COc1cc2cccc(C(=O)N3CCC(c4cc(CNC(=O)OC(C)(C)C)ccc4F)CC3)c2cc1OC. The zero-order chi connectivity index (χ0) is 27.4. The van der Waals surface area contributed by atoms with E-state index in [1.54, 1.807) is 47.1 Å². The molecule has 202 valence electrons. The molecule has 0 radical (unpaired) electrons. The fourth-order valence-electron chi connectivity index (χ4n) is 4.86. The molecule has 0 atom stereocenters. The van der Waals surface area contributed by atoms with Gasteiger partial charge in [-0.15, -0.1) is 0 Å². The molecule has 0 aromatic heterocycles. The van der Waals surface area contributed by atoms with Crippen molar-refractivity contribution in [2.24, 2.45) is 0 Å². The summed E-state index contributed by atoms with van der Waals surface area (Å²) in [6.45, 7) is 6.69. The molecule has 0 aliphatic carbocycles. The number of halogens is 1. The van der Waals surface area contributed by atoms with E-state index < -0.39 is 11.7 Å². The van der Waals surface area contributed by atoms with Crippen molar-refractivity contribution in [2.75, 3.05) is 27.3 Å². The van der Waals surface area contributed by atoms with Crippen LogP contribution in [0.15, 0.2) is 48.5 Å². The second-order valence-electron chi connectivity index (χ2n) is 10.5. The van der Waals surface area contributed by atoms with Crippen molar-refractivity contribution in [3.8, 4) is 11.5 Å². The Labute approximate surface area is 222 Å². The van der Waals surface area contributed by atoms with Gasteiger partial charge >= 0.3 is 6.09 Å². The van der Waals surface area contributed by atoms with Gasteiger partial charge in [0.15, 0.2) is 11.5 Å². The largest absolute Gasteiger partial charge is 0.493 e. The molecule has 4 rings (SSSR count). The molecule has 8 heteroatoms. The average molecular weight is 523 g/mol. The van der Waals surface area contributed by atoms with Gasteiger partial charge in [-0.1, -0.05) is 24.3 Å². The Morgan fingerprint density at radius 2 is 1.68 bits per heavy atom. The minimum atomic E-state index is -0.589. The lowest BCUT2D eigenvalue weighted by molar-refractivity contribution is 0.0523. The number of nitrogens with one attached hydrogen (secondary N) is 1. The van der Waals surface area contributed by atoms with E-state index in [-0.39, 0.29) is 24.2 Å². The van der Waals surface area contributed by atoms with Crippen LogP contribution in [0, 0.1) is 5.82 Å². The molecule has 1 fully saturated rings. The molecule has 0 saturated carbocycles. The van der Waals surface area contributed by atoms with Crippen molar-refractivity contribution in [2.45, 2.75) is 51.7 Å². The number of hydrogen-bond donors (Lipinski definition) is 1. The highest BCUT2D eigenvalue weighted by molar-refractivity contribution is 6.07. The van der Waals surface area contributed by atoms with Crippen molar-refractivity contribution in [1.29, 1.82) is 0 Å². The van der Waals surface area contributed by atoms with Crippen LogP contribution in [0.25, 0.3) is 10.8 Å². The fraction of sp³-hybridized carbons (Fsp3) is 0.400. The smallest absolute Gasteiger partial charge is 0.407 e. The van der Waals surface area contributed by atoms with E-state index in [9.17, 15) is 14.0 Å². The van der Waals surface area contributed by atoms with Crippen LogP contribution in [-0.4, -0.2) is 49.8 Å². The molecule has 1 aliphatic rings. The van der Waals surface area contributed by atoms with E-state index in [2.05, 4.69) is 5.32 Å². The molecule has 1 aliphatic heterocycles. The van der Waals surface area contributed by atoms with Crippen molar-refractivity contribution in [1.82, 2.24) is 10.2 Å². The minimum absolute atomic E-state index is 0.0163. The van der Waals surface area contributed by atoms with Gasteiger partial charge < -0.3 is 24.4 Å². The van der Waals surface area contributed by atoms with E-state index >= 15 is 0 Å². The maximum Gasteiger partial charge on any atom is 0.407 e. The van der Waals surface area contributed by atoms with Crippen LogP contribution >= 0.6 is 0 Å². The lowest BCUT2D eigenvalue weighted by Crippen LogP contribution is -2.38. The minimum Gasteiger partial charge on any atom is -0.493 e. The van der Waals surface area contributed by atoms with E-state index in [0.29, 0.717) is 48.6 Å². The first kappa shape index (κ1) is 27.2. The third-order valence-electron chi connectivity index (χ3n) is 6.73. The van der Waals surface area contributed by atoms with Crippen molar-refractivity contribution in [3.63, 3.8) is 0 Å². The molecule has 3 aromatic rings. The Morgan fingerprint density at radius 1 is 1.00 bits per heavy atom. The van der Waals surface area contributed by atoms with Crippen molar-refractivity contribution in [3.05, 3.63) is 71.0 Å². The van der Waals surface area contributed by atoms with E-state index in [1.807, 2.05) is 35.2 Å². The molecule has 1 N–H and O–H groups in total. The molecule has 0 bridgehead atoms. The molecule has 1 saturated heterocycles. The topological polar surface area (TPSA) is 77.1 Å². The number of rotatable bonds is 6. The summed E-state index contributed by atoms with van der Waals surface area (Å²) in [5.41, 5.74) is 1.42. The summed E-state index contributed by atoms with van der Waals surface area (Å²) in [5.74, 6) is 0.826. The third-order valence-corrected chi connectivity index (χ3v) is 6.73. The summed E-state index contributed by atoms with van der Waals surface area (Å²) in [5, 5.41) is 4.41. The normalized spacial score (nSPS) is 14.3. The van der Waals surface area contributed by atoms with Crippen LogP contribution in [0.4, 0.5) is 9.18 Å². The van der Waals surface area contributed by atoms with E-state index in [1.165, 1.54) is 6.07 Å². The number of benzene rings is 3.